The molecule has 1 heterocycles. The van der Waals surface area contributed by atoms with E-state index in [1.165, 1.54) is 6.26 Å². The Balaban J connectivity index is 1.95. The van der Waals surface area contributed by atoms with Gasteiger partial charge in [0.1, 0.15) is 9.84 Å². The number of hydrogen-bond donors (Lipinski definition) is 2. The second-order valence-corrected chi connectivity index (χ2v) is 5.62. The first kappa shape index (κ1) is 9.95. The zero-order valence-electron chi connectivity index (χ0n) is 7.34. The quantitative estimate of drug-likeness (QED) is 0.540. The van der Waals surface area contributed by atoms with Crippen molar-refractivity contribution in [2.24, 2.45) is 5.92 Å². The summed E-state index contributed by atoms with van der Waals surface area (Å²) in [5, 5.41) is 6.28. The van der Waals surface area contributed by atoms with Crippen LogP contribution in [0.3, 0.4) is 0 Å². The van der Waals surface area contributed by atoms with Crippen LogP contribution in [0.4, 0.5) is 0 Å². The fourth-order valence-electron chi connectivity index (χ4n) is 1.06. The summed E-state index contributed by atoms with van der Waals surface area (Å²) in [6.07, 6.45) is 1.26. The second kappa shape index (κ2) is 4.20. The van der Waals surface area contributed by atoms with Crippen molar-refractivity contribution in [2.45, 2.75) is 0 Å². The molecule has 1 aliphatic heterocycles. The van der Waals surface area contributed by atoms with E-state index in [0.29, 0.717) is 12.5 Å². The van der Waals surface area contributed by atoms with Gasteiger partial charge in [0.15, 0.2) is 0 Å². The van der Waals surface area contributed by atoms with Gasteiger partial charge in [-0.25, -0.2) is 8.42 Å². The molecule has 1 saturated heterocycles. The van der Waals surface area contributed by atoms with Crippen LogP contribution >= 0.6 is 0 Å². The Morgan fingerprint density at radius 1 is 1.50 bits per heavy atom. The van der Waals surface area contributed by atoms with Crippen LogP contribution < -0.4 is 10.6 Å². The van der Waals surface area contributed by atoms with Crippen LogP contribution in [-0.2, 0) is 9.84 Å². The molecule has 0 aromatic carbocycles. The zero-order chi connectivity index (χ0) is 9.03. The second-order valence-electron chi connectivity index (χ2n) is 3.36. The van der Waals surface area contributed by atoms with Gasteiger partial charge in [0, 0.05) is 32.4 Å². The lowest BCUT2D eigenvalue weighted by molar-refractivity contribution is 0.334. The highest BCUT2D eigenvalue weighted by Crippen LogP contribution is 1.99. The average Bonchev–Trinajstić information content (AvgIpc) is 1.80. The third-order valence-electron chi connectivity index (χ3n) is 1.95. The Morgan fingerprint density at radius 3 is 2.58 bits per heavy atom. The number of sulfone groups is 1. The summed E-state index contributed by atoms with van der Waals surface area (Å²) in [6, 6.07) is 0. The van der Waals surface area contributed by atoms with Gasteiger partial charge < -0.3 is 10.6 Å². The molecule has 4 nitrogen and oxygen atoms in total. The minimum Gasteiger partial charge on any atom is -0.316 e. The summed E-state index contributed by atoms with van der Waals surface area (Å²) in [7, 11) is -2.79. The van der Waals surface area contributed by atoms with Crippen molar-refractivity contribution in [2.75, 3.05) is 38.2 Å². The molecule has 0 atom stereocenters. The van der Waals surface area contributed by atoms with Gasteiger partial charge in [-0.2, -0.15) is 0 Å². The molecule has 0 aromatic rings. The van der Waals surface area contributed by atoms with Crippen LogP contribution in [-0.4, -0.2) is 46.6 Å². The molecular weight excluding hydrogens is 176 g/mol. The fraction of sp³-hybridized carbons (Fsp3) is 1.00. The smallest absolute Gasteiger partial charge is 0.148 e. The first-order chi connectivity index (χ1) is 5.58. The first-order valence-corrected chi connectivity index (χ1v) is 6.23. The van der Waals surface area contributed by atoms with Crippen molar-refractivity contribution < 1.29 is 8.42 Å². The molecule has 1 fully saturated rings. The summed E-state index contributed by atoms with van der Waals surface area (Å²) < 4.78 is 21.4. The van der Waals surface area contributed by atoms with Gasteiger partial charge in [0.25, 0.3) is 0 Å². The van der Waals surface area contributed by atoms with Crippen LogP contribution in [0.25, 0.3) is 0 Å². The predicted octanol–water partition coefficient (Wildman–Crippen LogP) is -1.16. The van der Waals surface area contributed by atoms with Gasteiger partial charge in [-0.05, 0) is 5.92 Å². The van der Waals surface area contributed by atoms with Gasteiger partial charge in [0.2, 0.25) is 0 Å². The minimum absolute atomic E-state index is 0.243. The van der Waals surface area contributed by atoms with Crippen LogP contribution in [0.5, 0.6) is 0 Å². The monoisotopic (exact) mass is 192 g/mol. The molecule has 0 saturated carbocycles. The summed E-state index contributed by atoms with van der Waals surface area (Å²) in [5.41, 5.74) is 0. The van der Waals surface area contributed by atoms with Gasteiger partial charge in [0.05, 0.1) is 5.75 Å². The van der Waals surface area contributed by atoms with Crippen LogP contribution in [0.1, 0.15) is 0 Å². The van der Waals surface area contributed by atoms with E-state index in [0.717, 1.165) is 19.6 Å². The summed E-state index contributed by atoms with van der Waals surface area (Å²) >= 11 is 0. The summed E-state index contributed by atoms with van der Waals surface area (Å²) in [6.45, 7) is 3.63. The molecule has 1 rings (SSSR count). The molecule has 12 heavy (non-hydrogen) atoms. The highest BCUT2D eigenvalue weighted by molar-refractivity contribution is 7.90. The lowest BCUT2D eigenvalue weighted by Gasteiger charge is -2.27. The summed E-state index contributed by atoms with van der Waals surface area (Å²) in [5.74, 6) is 0.942. The molecule has 5 heteroatoms. The van der Waals surface area contributed by atoms with Gasteiger partial charge in [-0.3, -0.25) is 0 Å². The van der Waals surface area contributed by atoms with Gasteiger partial charge >= 0.3 is 0 Å². The third-order valence-corrected chi connectivity index (χ3v) is 2.89. The Kier molecular flexibility index (Phi) is 3.49. The standard InChI is InChI=1S/C7H16N2O2S/c1-12(10,11)3-2-8-4-7-5-9-6-7/h7-9H,2-6H2,1H3. The first-order valence-electron chi connectivity index (χ1n) is 4.17. The van der Waals surface area contributed by atoms with Crippen molar-refractivity contribution in [1.82, 2.24) is 10.6 Å². The number of nitrogens with one attached hydrogen (secondary N) is 2. The van der Waals surface area contributed by atoms with Crippen molar-refractivity contribution in [3.05, 3.63) is 0 Å². The molecular formula is C7H16N2O2S. The number of hydrogen-bond acceptors (Lipinski definition) is 4. The van der Waals surface area contributed by atoms with E-state index in [9.17, 15) is 8.42 Å². The van der Waals surface area contributed by atoms with Gasteiger partial charge in [-0.1, -0.05) is 0 Å². The largest absolute Gasteiger partial charge is 0.316 e. The van der Waals surface area contributed by atoms with Crippen molar-refractivity contribution in [3.8, 4) is 0 Å². The predicted molar refractivity (Wildman–Crippen MR) is 48.9 cm³/mol. The van der Waals surface area contributed by atoms with E-state index in [2.05, 4.69) is 10.6 Å². The highest BCUT2D eigenvalue weighted by Gasteiger charge is 2.15. The molecule has 1 aliphatic rings. The zero-order valence-corrected chi connectivity index (χ0v) is 8.15. The molecule has 0 aromatic heterocycles. The molecule has 0 spiro atoms. The fourth-order valence-corrected chi connectivity index (χ4v) is 1.57. The van der Waals surface area contributed by atoms with E-state index >= 15 is 0 Å². The van der Waals surface area contributed by atoms with Crippen LogP contribution in [0.15, 0.2) is 0 Å². The molecule has 0 aliphatic carbocycles. The Hall–Kier alpha value is -0.130. The topological polar surface area (TPSA) is 58.2 Å². The molecule has 0 amide bonds. The summed E-state index contributed by atoms with van der Waals surface area (Å²) in [4.78, 5) is 0. The molecule has 0 bridgehead atoms. The molecule has 0 radical (unpaired) electrons. The molecule has 0 unspecified atom stereocenters. The van der Waals surface area contributed by atoms with E-state index < -0.39 is 9.84 Å². The third kappa shape index (κ3) is 4.04. The normalized spacial score (nSPS) is 19.1. The van der Waals surface area contributed by atoms with Crippen molar-refractivity contribution in [3.63, 3.8) is 0 Å². The maximum Gasteiger partial charge on any atom is 0.148 e. The SMILES string of the molecule is CS(=O)(=O)CCNCC1CNC1. The molecule has 72 valence electrons. The van der Waals surface area contributed by atoms with Crippen molar-refractivity contribution in [1.29, 1.82) is 0 Å². The maximum absolute atomic E-state index is 10.7. The van der Waals surface area contributed by atoms with E-state index in [1.54, 1.807) is 0 Å². The molecule has 2 N–H and O–H groups in total. The number of rotatable bonds is 5. The lowest BCUT2D eigenvalue weighted by Crippen LogP contribution is -2.47. The minimum atomic E-state index is -2.79. The van der Waals surface area contributed by atoms with Crippen LogP contribution in [0, 0.1) is 5.92 Å². The lowest BCUT2D eigenvalue weighted by atomic mass is 10.0. The van der Waals surface area contributed by atoms with E-state index in [4.69, 9.17) is 0 Å². The average molecular weight is 192 g/mol. The Bertz CT molecular complexity index is 222. The highest BCUT2D eigenvalue weighted by atomic mass is 32.2. The van der Waals surface area contributed by atoms with E-state index in [-0.39, 0.29) is 5.75 Å². The van der Waals surface area contributed by atoms with Crippen LogP contribution in [0.2, 0.25) is 0 Å². The Labute approximate surface area is 73.6 Å². The Morgan fingerprint density at radius 2 is 2.17 bits per heavy atom. The maximum atomic E-state index is 10.7. The van der Waals surface area contributed by atoms with E-state index in [1.807, 2.05) is 0 Å². The van der Waals surface area contributed by atoms with Gasteiger partial charge in [-0.15, -0.1) is 0 Å². The van der Waals surface area contributed by atoms with Crippen molar-refractivity contribution >= 4 is 9.84 Å².